The highest BCUT2D eigenvalue weighted by Gasteiger charge is 2.34. The van der Waals surface area contributed by atoms with Crippen LogP contribution in [-0.2, 0) is 16.4 Å². The zero-order valence-corrected chi connectivity index (χ0v) is 15.5. The molecule has 1 heterocycles. The van der Waals surface area contributed by atoms with Gasteiger partial charge in [-0.25, -0.2) is 13.2 Å². The summed E-state index contributed by atoms with van der Waals surface area (Å²) in [5, 5.41) is 2.94. The molecule has 1 aliphatic rings. The average Bonchev–Trinajstić information content (AvgIpc) is 2.86. The van der Waals surface area contributed by atoms with Crippen molar-refractivity contribution in [1.29, 1.82) is 0 Å². The summed E-state index contributed by atoms with van der Waals surface area (Å²) in [7, 11) is 0.857. The second-order valence-electron chi connectivity index (χ2n) is 6.64. The molecule has 134 valence electrons. The minimum atomic E-state index is -3.02. The van der Waals surface area contributed by atoms with Gasteiger partial charge in [-0.1, -0.05) is 24.3 Å². The third-order valence-electron chi connectivity index (χ3n) is 4.39. The van der Waals surface area contributed by atoms with Crippen LogP contribution in [0.5, 0.6) is 0 Å². The van der Waals surface area contributed by atoms with Crippen LogP contribution in [-0.4, -0.2) is 69.0 Å². The van der Waals surface area contributed by atoms with E-state index in [0.717, 1.165) is 11.1 Å². The second-order valence-corrected chi connectivity index (χ2v) is 8.87. The zero-order valence-electron chi connectivity index (χ0n) is 14.7. The van der Waals surface area contributed by atoms with E-state index in [1.165, 1.54) is 0 Å². The number of nitrogens with zero attached hydrogens (tertiary/aromatic N) is 2. The molecular weight excluding hydrogens is 326 g/mol. The lowest BCUT2D eigenvalue weighted by molar-refractivity contribution is 0.172. The Morgan fingerprint density at radius 2 is 1.96 bits per heavy atom. The molecule has 0 aromatic heterocycles. The van der Waals surface area contributed by atoms with Crippen LogP contribution in [0.3, 0.4) is 0 Å². The van der Waals surface area contributed by atoms with Gasteiger partial charge in [0, 0.05) is 25.7 Å². The molecule has 1 fully saturated rings. The van der Waals surface area contributed by atoms with Crippen molar-refractivity contribution in [1.82, 2.24) is 15.1 Å². The normalized spacial score (nSPS) is 19.4. The fourth-order valence-electron chi connectivity index (χ4n) is 2.86. The number of rotatable bonds is 6. The Balaban J connectivity index is 2.02. The summed E-state index contributed by atoms with van der Waals surface area (Å²) in [4.78, 5) is 16.3. The van der Waals surface area contributed by atoms with Crippen LogP contribution < -0.4 is 5.32 Å². The van der Waals surface area contributed by atoms with Crippen molar-refractivity contribution < 1.29 is 13.2 Å². The van der Waals surface area contributed by atoms with Crippen LogP contribution in [0.25, 0.3) is 0 Å². The van der Waals surface area contributed by atoms with Gasteiger partial charge in [0.25, 0.3) is 0 Å². The molecule has 1 aromatic carbocycles. The molecule has 1 unspecified atom stereocenters. The Morgan fingerprint density at radius 3 is 2.54 bits per heavy atom. The molecule has 6 nitrogen and oxygen atoms in total. The van der Waals surface area contributed by atoms with Gasteiger partial charge in [0.2, 0.25) is 0 Å². The Kier molecular flexibility index (Phi) is 6.23. The molecule has 0 saturated carbocycles. The molecule has 0 spiro atoms. The number of aryl methyl sites for hydroxylation is 1. The summed E-state index contributed by atoms with van der Waals surface area (Å²) in [5.74, 6) is 0.236. The highest BCUT2D eigenvalue weighted by Crippen LogP contribution is 2.18. The van der Waals surface area contributed by atoms with E-state index in [2.05, 4.69) is 5.32 Å². The maximum Gasteiger partial charge on any atom is 0.317 e. The second kappa shape index (κ2) is 7.98. The average molecular weight is 353 g/mol. The highest BCUT2D eigenvalue weighted by molar-refractivity contribution is 7.91. The summed E-state index contributed by atoms with van der Waals surface area (Å²) >= 11 is 0. The smallest absolute Gasteiger partial charge is 0.317 e. The van der Waals surface area contributed by atoms with E-state index in [9.17, 15) is 13.2 Å². The highest BCUT2D eigenvalue weighted by atomic mass is 32.2. The van der Waals surface area contributed by atoms with E-state index in [1.54, 1.807) is 4.90 Å². The molecule has 7 heteroatoms. The van der Waals surface area contributed by atoms with Gasteiger partial charge in [-0.2, -0.15) is 0 Å². The van der Waals surface area contributed by atoms with Crippen LogP contribution in [0.4, 0.5) is 4.79 Å². The van der Waals surface area contributed by atoms with Gasteiger partial charge in [0.15, 0.2) is 9.84 Å². The van der Waals surface area contributed by atoms with Gasteiger partial charge in [-0.05, 0) is 38.6 Å². The van der Waals surface area contributed by atoms with Gasteiger partial charge in [0.1, 0.15) is 0 Å². The van der Waals surface area contributed by atoms with Crippen LogP contribution in [0.15, 0.2) is 24.3 Å². The van der Waals surface area contributed by atoms with Crippen molar-refractivity contribution in [2.45, 2.75) is 25.9 Å². The SMILES string of the molecule is Cc1ccccc1CNC(=O)N(CCN(C)C)C1CCS(=O)(=O)C1. The molecule has 2 amide bonds. The van der Waals surface area contributed by atoms with Crippen LogP contribution in [0, 0.1) is 6.92 Å². The first-order valence-corrected chi connectivity index (χ1v) is 10.0. The van der Waals surface area contributed by atoms with E-state index in [1.807, 2.05) is 50.2 Å². The summed E-state index contributed by atoms with van der Waals surface area (Å²) in [6, 6.07) is 7.48. The third kappa shape index (κ3) is 5.21. The predicted octanol–water partition coefficient (Wildman–Crippen LogP) is 1.26. The minimum absolute atomic E-state index is 0.0677. The number of carbonyl (C=O) groups is 1. The molecule has 1 aliphatic heterocycles. The van der Waals surface area contributed by atoms with Crippen molar-refractivity contribution in [3.63, 3.8) is 0 Å². The topological polar surface area (TPSA) is 69.7 Å². The molecule has 24 heavy (non-hydrogen) atoms. The van der Waals surface area contributed by atoms with Gasteiger partial charge < -0.3 is 15.1 Å². The van der Waals surface area contributed by atoms with Crippen molar-refractivity contribution in [2.24, 2.45) is 0 Å². The molecule has 1 atom stereocenters. The zero-order chi connectivity index (χ0) is 17.7. The number of carbonyl (C=O) groups excluding carboxylic acids is 1. The number of sulfone groups is 1. The number of likely N-dealkylation sites (N-methyl/N-ethyl adjacent to an activating group) is 1. The first-order chi connectivity index (χ1) is 11.3. The van der Waals surface area contributed by atoms with Crippen molar-refractivity contribution >= 4 is 15.9 Å². The molecule has 0 radical (unpaired) electrons. The predicted molar refractivity (Wildman–Crippen MR) is 95.7 cm³/mol. The number of benzene rings is 1. The Bertz CT molecular complexity index is 673. The van der Waals surface area contributed by atoms with Crippen molar-refractivity contribution in [2.75, 3.05) is 38.7 Å². The largest absolute Gasteiger partial charge is 0.334 e. The molecule has 1 N–H and O–H groups in total. The van der Waals surface area contributed by atoms with E-state index >= 15 is 0 Å². The molecular formula is C17H27N3O3S. The maximum absolute atomic E-state index is 12.6. The fraction of sp³-hybridized carbons (Fsp3) is 0.588. The molecule has 1 saturated heterocycles. The van der Waals surface area contributed by atoms with Crippen LogP contribution in [0.1, 0.15) is 17.5 Å². The Labute approximate surface area is 144 Å². The lowest BCUT2D eigenvalue weighted by Crippen LogP contribution is -2.49. The fourth-order valence-corrected chi connectivity index (χ4v) is 4.59. The summed E-state index contributed by atoms with van der Waals surface area (Å²) in [6.07, 6.45) is 0.521. The summed E-state index contributed by atoms with van der Waals surface area (Å²) in [6.45, 7) is 3.68. The van der Waals surface area contributed by atoms with Crippen molar-refractivity contribution in [3.8, 4) is 0 Å². The first kappa shape index (κ1) is 18.7. The van der Waals surface area contributed by atoms with Crippen LogP contribution >= 0.6 is 0 Å². The minimum Gasteiger partial charge on any atom is -0.334 e. The third-order valence-corrected chi connectivity index (χ3v) is 6.14. The summed E-state index contributed by atoms with van der Waals surface area (Å²) < 4.78 is 23.5. The van der Waals surface area contributed by atoms with Crippen LogP contribution in [0.2, 0.25) is 0 Å². The summed E-state index contributed by atoms with van der Waals surface area (Å²) in [5.41, 5.74) is 2.19. The maximum atomic E-state index is 12.6. The standard InChI is InChI=1S/C17H27N3O3S/c1-14-6-4-5-7-15(14)12-18-17(21)20(10-9-19(2)3)16-8-11-24(22,23)13-16/h4-7,16H,8-13H2,1-3H3,(H,18,21). The van der Waals surface area contributed by atoms with Gasteiger partial charge in [-0.3, -0.25) is 0 Å². The Morgan fingerprint density at radius 1 is 1.25 bits per heavy atom. The van der Waals surface area contributed by atoms with Crippen molar-refractivity contribution in [3.05, 3.63) is 35.4 Å². The number of amides is 2. The van der Waals surface area contributed by atoms with E-state index in [0.29, 0.717) is 26.1 Å². The van der Waals surface area contributed by atoms with E-state index < -0.39 is 9.84 Å². The molecule has 1 aromatic rings. The number of hydrogen-bond donors (Lipinski definition) is 1. The van der Waals surface area contributed by atoms with E-state index in [-0.39, 0.29) is 23.6 Å². The molecule has 2 rings (SSSR count). The lowest BCUT2D eigenvalue weighted by atomic mass is 10.1. The molecule has 0 bridgehead atoms. The lowest BCUT2D eigenvalue weighted by Gasteiger charge is -2.29. The van der Waals surface area contributed by atoms with E-state index in [4.69, 9.17) is 0 Å². The quantitative estimate of drug-likeness (QED) is 0.836. The number of urea groups is 1. The number of hydrogen-bond acceptors (Lipinski definition) is 4. The number of nitrogens with one attached hydrogen (secondary N) is 1. The van der Waals surface area contributed by atoms with Gasteiger partial charge in [-0.15, -0.1) is 0 Å². The first-order valence-electron chi connectivity index (χ1n) is 8.22. The molecule has 0 aliphatic carbocycles. The monoisotopic (exact) mass is 353 g/mol. The van der Waals surface area contributed by atoms with Gasteiger partial charge >= 0.3 is 6.03 Å². The van der Waals surface area contributed by atoms with Gasteiger partial charge in [0.05, 0.1) is 11.5 Å². The Hall–Kier alpha value is -1.60.